The van der Waals surface area contributed by atoms with Crippen molar-refractivity contribution in [3.8, 4) is 11.5 Å². The fraction of sp³-hybridized carbons (Fsp3) is 0.333. The smallest absolute Gasteiger partial charge is 0.341 e. The van der Waals surface area contributed by atoms with E-state index in [2.05, 4.69) is 31.8 Å². The van der Waals surface area contributed by atoms with Crippen LogP contribution in [-0.4, -0.2) is 37.2 Å². The molecule has 0 aliphatic heterocycles. The molecular formula is C30H31BrFN3O6S. The number of rotatable bonds is 10. The van der Waals surface area contributed by atoms with Gasteiger partial charge in [-0.15, -0.1) is 11.3 Å². The highest BCUT2D eigenvalue weighted by molar-refractivity contribution is 9.10. The fourth-order valence-electron chi connectivity index (χ4n) is 4.43. The number of hydrogen-bond acceptors (Lipinski definition) is 8. The van der Waals surface area contributed by atoms with Gasteiger partial charge >= 0.3 is 17.8 Å². The first-order chi connectivity index (χ1) is 20.3. The number of thiophene rings is 1. The van der Waals surface area contributed by atoms with Crippen LogP contribution < -0.4 is 20.2 Å². The molecule has 2 aromatic carbocycles. The summed E-state index contributed by atoms with van der Waals surface area (Å²) in [7, 11) is 0. The Balaban J connectivity index is 1.42. The van der Waals surface area contributed by atoms with Crippen LogP contribution in [0.1, 0.15) is 65.0 Å². The lowest BCUT2D eigenvalue weighted by Gasteiger charge is -2.14. The number of nitrogens with one attached hydrogen (secondary N) is 2. The molecule has 12 heteroatoms. The zero-order valence-corrected chi connectivity index (χ0v) is 25.7. The average Bonchev–Trinajstić information content (AvgIpc) is 3.13. The quantitative estimate of drug-likeness (QED) is 0.0885. The number of carbonyl (C=O) groups is 3. The molecule has 0 bridgehead atoms. The average molecular weight is 661 g/mol. The number of carbonyl (C=O) groups excluding carboxylic acids is 3. The first-order valence-corrected chi connectivity index (χ1v) is 15.2. The Labute approximate surface area is 255 Å². The molecule has 1 aromatic heterocycles. The number of hydrazone groups is 1. The highest BCUT2D eigenvalue weighted by Gasteiger charge is 2.28. The van der Waals surface area contributed by atoms with Gasteiger partial charge < -0.3 is 19.5 Å². The zero-order valence-electron chi connectivity index (χ0n) is 23.3. The summed E-state index contributed by atoms with van der Waals surface area (Å²) in [5, 5.41) is 6.80. The molecule has 1 heterocycles. The molecular weight excluding hydrogens is 629 g/mol. The van der Waals surface area contributed by atoms with E-state index in [1.54, 1.807) is 31.2 Å². The molecule has 0 saturated heterocycles. The standard InChI is InChI=1S/C30H31BrFN3O6S/c1-3-39-23-15-19(14-22(31)26(23)41-17-18-10-12-20(32)13-11-18)16-33-35-28(37)27(36)34-29-25(30(38)40-4-2)21-8-6-5-7-9-24(21)42-29/h10-16H,3-9,17H2,1-2H3,(H,34,36)(H,35,37)/b33-16+. The minimum atomic E-state index is -0.993. The van der Waals surface area contributed by atoms with Gasteiger partial charge in [0.25, 0.3) is 0 Å². The third-order valence-corrected chi connectivity index (χ3v) is 8.14. The Morgan fingerprint density at radius 1 is 1.02 bits per heavy atom. The van der Waals surface area contributed by atoms with E-state index in [0.29, 0.717) is 38.7 Å². The van der Waals surface area contributed by atoms with E-state index in [1.165, 1.54) is 29.7 Å². The number of halogens is 2. The largest absolute Gasteiger partial charge is 0.490 e. The molecule has 4 rings (SSSR count). The second-order valence-corrected chi connectivity index (χ2v) is 11.3. The number of nitrogens with zero attached hydrogens (tertiary/aromatic N) is 1. The van der Waals surface area contributed by atoms with Crippen molar-refractivity contribution in [2.24, 2.45) is 5.10 Å². The summed E-state index contributed by atoms with van der Waals surface area (Å²) in [6, 6.07) is 9.38. The number of fused-ring (bicyclic) bond motifs is 1. The Morgan fingerprint density at radius 2 is 1.79 bits per heavy atom. The number of ether oxygens (including phenoxy) is 3. The van der Waals surface area contributed by atoms with Crippen molar-refractivity contribution in [2.45, 2.75) is 52.6 Å². The molecule has 1 aliphatic rings. The highest BCUT2D eigenvalue weighted by Crippen LogP contribution is 2.39. The van der Waals surface area contributed by atoms with E-state index >= 15 is 0 Å². The van der Waals surface area contributed by atoms with Gasteiger partial charge in [-0.1, -0.05) is 18.6 Å². The Morgan fingerprint density at radius 3 is 2.52 bits per heavy atom. The van der Waals surface area contributed by atoms with Crippen LogP contribution in [0.3, 0.4) is 0 Å². The maximum atomic E-state index is 13.2. The highest BCUT2D eigenvalue weighted by atomic mass is 79.9. The molecule has 2 N–H and O–H groups in total. The Bertz CT molecular complexity index is 1470. The molecule has 2 amide bonds. The minimum Gasteiger partial charge on any atom is -0.490 e. The molecule has 0 spiro atoms. The Kier molecular flexibility index (Phi) is 11.1. The van der Waals surface area contributed by atoms with Gasteiger partial charge in [0.05, 0.1) is 29.5 Å². The molecule has 0 fully saturated rings. The monoisotopic (exact) mass is 659 g/mol. The third-order valence-electron chi connectivity index (χ3n) is 6.34. The van der Waals surface area contributed by atoms with Crippen molar-refractivity contribution in [3.63, 3.8) is 0 Å². The number of anilines is 1. The number of aryl methyl sites for hydroxylation is 1. The van der Waals surface area contributed by atoms with Crippen LogP contribution in [0.4, 0.5) is 9.39 Å². The molecule has 1 aliphatic carbocycles. The molecule has 0 unspecified atom stereocenters. The second-order valence-electron chi connectivity index (χ2n) is 9.32. The molecule has 0 atom stereocenters. The van der Waals surface area contributed by atoms with Crippen molar-refractivity contribution in [3.05, 3.63) is 73.8 Å². The molecule has 0 saturated carbocycles. The lowest BCUT2D eigenvalue weighted by Crippen LogP contribution is -2.32. The summed E-state index contributed by atoms with van der Waals surface area (Å²) in [4.78, 5) is 39.0. The number of esters is 1. The van der Waals surface area contributed by atoms with Crippen LogP contribution in [0.2, 0.25) is 0 Å². The predicted octanol–water partition coefficient (Wildman–Crippen LogP) is 6.16. The van der Waals surface area contributed by atoms with Gasteiger partial charge in [0.15, 0.2) is 11.5 Å². The Hall–Kier alpha value is -3.77. The number of hydrogen-bond donors (Lipinski definition) is 2. The van der Waals surface area contributed by atoms with Crippen LogP contribution in [0.25, 0.3) is 0 Å². The van der Waals surface area contributed by atoms with Crippen molar-refractivity contribution in [2.75, 3.05) is 18.5 Å². The molecule has 42 heavy (non-hydrogen) atoms. The molecule has 222 valence electrons. The fourth-order valence-corrected chi connectivity index (χ4v) is 6.27. The zero-order chi connectivity index (χ0) is 30.1. The van der Waals surface area contributed by atoms with Crippen LogP contribution >= 0.6 is 27.3 Å². The van der Waals surface area contributed by atoms with Crippen molar-refractivity contribution < 1.29 is 33.0 Å². The van der Waals surface area contributed by atoms with Crippen molar-refractivity contribution >= 4 is 56.3 Å². The topological polar surface area (TPSA) is 115 Å². The summed E-state index contributed by atoms with van der Waals surface area (Å²) < 4.78 is 30.6. The number of benzene rings is 2. The summed E-state index contributed by atoms with van der Waals surface area (Å²) in [5.41, 5.74) is 4.79. The van der Waals surface area contributed by atoms with Crippen LogP contribution in [0.15, 0.2) is 46.0 Å². The van der Waals surface area contributed by atoms with E-state index in [0.717, 1.165) is 48.1 Å². The van der Waals surface area contributed by atoms with Crippen molar-refractivity contribution in [1.29, 1.82) is 0 Å². The van der Waals surface area contributed by atoms with E-state index in [4.69, 9.17) is 14.2 Å². The van der Waals surface area contributed by atoms with E-state index in [-0.39, 0.29) is 19.0 Å². The lowest BCUT2D eigenvalue weighted by molar-refractivity contribution is -0.136. The van der Waals surface area contributed by atoms with Gasteiger partial charge in [0.1, 0.15) is 17.4 Å². The maximum absolute atomic E-state index is 13.2. The molecule has 0 radical (unpaired) electrons. The summed E-state index contributed by atoms with van der Waals surface area (Å²) in [6.07, 6.45) is 5.91. The van der Waals surface area contributed by atoms with Gasteiger partial charge in [0.2, 0.25) is 0 Å². The van der Waals surface area contributed by atoms with Crippen LogP contribution in [0.5, 0.6) is 11.5 Å². The third kappa shape index (κ3) is 7.95. The predicted molar refractivity (Wildman–Crippen MR) is 162 cm³/mol. The lowest BCUT2D eigenvalue weighted by atomic mass is 10.1. The second kappa shape index (κ2) is 14.9. The van der Waals surface area contributed by atoms with Gasteiger partial charge in [-0.05, 0) is 96.4 Å². The SMILES string of the molecule is CCOC(=O)c1c(NC(=O)C(=O)N/N=C/c2cc(Br)c(OCc3ccc(F)cc3)c(OCC)c2)sc2c1CCCCC2. The van der Waals surface area contributed by atoms with E-state index in [1.807, 2.05) is 6.92 Å². The maximum Gasteiger partial charge on any atom is 0.341 e. The van der Waals surface area contributed by atoms with Crippen LogP contribution in [-0.2, 0) is 33.8 Å². The van der Waals surface area contributed by atoms with E-state index < -0.39 is 17.8 Å². The van der Waals surface area contributed by atoms with Gasteiger partial charge in [-0.25, -0.2) is 14.6 Å². The minimum absolute atomic E-state index is 0.197. The van der Waals surface area contributed by atoms with Gasteiger partial charge in [-0.2, -0.15) is 5.10 Å². The molecule has 3 aromatic rings. The first kappa shape index (κ1) is 31.2. The van der Waals surface area contributed by atoms with Crippen molar-refractivity contribution in [1.82, 2.24) is 5.43 Å². The van der Waals surface area contributed by atoms with E-state index in [9.17, 15) is 18.8 Å². The molecule has 9 nitrogen and oxygen atoms in total. The number of amides is 2. The van der Waals surface area contributed by atoms with Gasteiger partial charge in [0, 0.05) is 4.88 Å². The summed E-state index contributed by atoms with van der Waals surface area (Å²) >= 11 is 4.79. The first-order valence-electron chi connectivity index (χ1n) is 13.6. The summed E-state index contributed by atoms with van der Waals surface area (Å²) in [6.45, 7) is 4.32. The van der Waals surface area contributed by atoms with Gasteiger partial charge in [-0.3, -0.25) is 9.59 Å². The van der Waals surface area contributed by atoms with Crippen LogP contribution in [0, 0.1) is 5.82 Å². The summed E-state index contributed by atoms with van der Waals surface area (Å²) in [5.74, 6) is -1.89. The normalized spacial score (nSPS) is 12.8.